The summed E-state index contributed by atoms with van der Waals surface area (Å²) in [5.41, 5.74) is 0.180. The number of hydrogen-bond donors (Lipinski definition) is 2. The second-order valence-corrected chi connectivity index (χ2v) is 12.3. The third-order valence-corrected chi connectivity index (χ3v) is 9.13. The second-order valence-electron chi connectivity index (χ2n) is 7.49. The zero-order valence-electron chi connectivity index (χ0n) is 13.2. The molecule has 0 saturated heterocycles. The third kappa shape index (κ3) is 4.58. The Hall–Kier alpha value is -0.393. The van der Waals surface area contributed by atoms with Gasteiger partial charge in [0.1, 0.15) is 6.04 Å². The molecular formula is C14H29NO3Si. The lowest BCUT2D eigenvalue weighted by Gasteiger charge is -2.37. The normalized spacial score (nSPS) is 20.1. The van der Waals surface area contributed by atoms with Crippen molar-refractivity contribution in [3.05, 3.63) is 0 Å². The molecule has 1 atom stereocenters. The van der Waals surface area contributed by atoms with Gasteiger partial charge in [-0.3, -0.25) is 4.79 Å². The number of carboxylic acids is 1. The zero-order chi connectivity index (χ0) is 14.9. The average molecular weight is 287 g/mol. The van der Waals surface area contributed by atoms with Gasteiger partial charge in [-0.1, -0.05) is 20.8 Å². The Morgan fingerprint density at radius 2 is 1.95 bits per heavy atom. The first-order valence-corrected chi connectivity index (χ1v) is 10.0. The van der Waals surface area contributed by atoms with Crippen molar-refractivity contribution in [2.75, 3.05) is 13.2 Å². The molecule has 1 unspecified atom stereocenters. The Bertz CT molecular complexity index is 332. The Morgan fingerprint density at radius 3 is 2.32 bits per heavy atom. The largest absolute Gasteiger partial charge is 0.480 e. The van der Waals surface area contributed by atoms with Crippen LogP contribution in [0.3, 0.4) is 0 Å². The van der Waals surface area contributed by atoms with Crippen LogP contribution in [0.1, 0.15) is 40.5 Å². The molecule has 0 spiro atoms. The van der Waals surface area contributed by atoms with Crippen LogP contribution in [0.4, 0.5) is 0 Å². The standard InChI is InChI=1S/C14H29NO3Si/c1-11(12(16)17)15-9-14(7-8-14)10-18-19(5,6)13(2,3)4/h11,15H,7-10H2,1-6H3,(H,16,17). The van der Waals surface area contributed by atoms with Crippen LogP contribution in [-0.4, -0.2) is 38.6 Å². The third-order valence-electron chi connectivity index (χ3n) is 4.66. The molecule has 0 heterocycles. The van der Waals surface area contributed by atoms with E-state index < -0.39 is 20.3 Å². The van der Waals surface area contributed by atoms with E-state index in [9.17, 15) is 4.79 Å². The molecule has 19 heavy (non-hydrogen) atoms. The zero-order valence-corrected chi connectivity index (χ0v) is 14.2. The van der Waals surface area contributed by atoms with Crippen LogP contribution in [0.25, 0.3) is 0 Å². The van der Waals surface area contributed by atoms with Crippen LogP contribution in [0.15, 0.2) is 0 Å². The minimum atomic E-state index is -1.70. The number of rotatable bonds is 7. The topological polar surface area (TPSA) is 58.6 Å². The van der Waals surface area contributed by atoms with Gasteiger partial charge in [-0.25, -0.2) is 0 Å². The molecule has 1 aliphatic rings. The van der Waals surface area contributed by atoms with Crippen LogP contribution in [0.5, 0.6) is 0 Å². The molecular weight excluding hydrogens is 258 g/mol. The lowest BCUT2D eigenvalue weighted by atomic mass is 10.1. The molecule has 0 aromatic heterocycles. The number of aliphatic carboxylic acids is 1. The summed E-state index contributed by atoms with van der Waals surface area (Å²) in [6.07, 6.45) is 2.28. The van der Waals surface area contributed by atoms with Crippen LogP contribution in [0, 0.1) is 5.41 Å². The van der Waals surface area contributed by atoms with E-state index >= 15 is 0 Å². The van der Waals surface area contributed by atoms with Crippen molar-refractivity contribution in [2.24, 2.45) is 5.41 Å². The highest BCUT2D eigenvalue weighted by Crippen LogP contribution is 2.47. The van der Waals surface area contributed by atoms with Gasteiger partial charge in [0.15, 0.2) is 8.32 Å². The molecule has 0 bridgehead atoms. The highest BCUT2D eigenvalue weighted by Gasteiger charge is 2.46. The molecule has 2 N–H and O–H groups in total. The second kappa shape index (κ2) is 5.54. The number of hydrogen-bond acceptors (Lipinski definition) is 3. The van der Waals surface area contributed by atoms with Gasteiger partial charge < -0.3 is 14.8 Å². The molecule has 0 aliphatic heterocycles. The van der Waals surface area contributed by atoms with Gasteiger partial charge in [0.05, 0.1) is 0 Å². The van der Waals surface area contributed by atoms with Crippen LogP contribution < -0.4 is 5.32 Å². The van der Waals surface area contributed by atoms with E-state index in [0.29, 0.717) is 0 Å². The molecule has 1 fully saturated rings. The molecule has 5 heteroatoms. The lowest BCUT2D eigenvalue weighted by molar-refractivity contribution is -0.139. The SMILES string of the molecule is CC(NCC1(CO[Si](C)(C)C(C)(C)C)CC1)C(=O)O. The number of nitrogens with one attached hydrogen (secondary N) is 1. The van der Waals surface area contributed by atoms with E-state index in [1.165, 1.54) is 0 Å². The van der Waals surface area contributed by atoms with E-state index in [4.69, 9.17) is 9.53 Å². The summed E-state index contributed by atoms with van der Waals surface area (Å²) in [7, 11) is -1.70. The summed E-state index contributed by atoms with van der Waals surface area (Å²) in [5.74, 6) is -0.791. The van der Waals surface area contributed by atoms with Gasteiger partial charge in [-0.15, -0.1) is 0 Å². The predicted octanol–water partition coefficient (Wildman–Crippen LogP) is 2.85. The van der Waals surface area contributed by atoms with Crippen molar-refractivity contribution in [3.8, 4) is 0 Å². The molecule has 0 aromatic carbocycles. The fourth-order valence-electron chi connectivity index (χ4n) is 1.56. The summed E-state index contributed by atoms with van der Waals surface area (Å²) in [6, 6.07) is -0.481. The molecule has 1 saturated carbocycles. The minimum absolute atomic E-state index is 0.180. The van der Waals surface area contributed by atoms with Gasteiger partial charge in [0.25, 0.3) is 0 Å². The fourth-order valence-corrected chi connectivity index (χ4v) is 2.66. The molecule has 0 radical (unpaired) electrons. The maximum atomic E-state index is 10.8. The van der Waals surface area contributed by atoms with E-state index in [1.54, 1.807) is 6.92 Å². The van der Waals surface area contributed by atoms with Gasteiger partial charge in [0, 0.05) is 18.6 Å². The van der Waals surface area contributed by atoms with E-state index in [-0.39, 0.29) is 10.5 Å². The van der Waals surface area contributed by atoms with Crippen LogP contribution in [0.2, 0.25) is 18.1 Å². The lowest BCUT2D eigenvalue weighted by Crippen LogP contribution is -2.44. The summed E-state index contributed by atoms with van der Waals surface area (Å²) < 4.78 is 6.27. The molecule has 4 nitrogen and oxygen atoms in total. The quantitative estimate of drug-likeness (QED) is 0.707. The first kappa shape index (κ1) is 16.7. The summed E-state index contributed by atoms with van der Waals surface area (Å²) >= 11 is 0. The van der Waals surface area contributed by atoms with E-state index in [1.807, 2.05) is 0 Å². The van der Waals surface area contributed by atoms with Crippen molar-refractivity contribution in [1.82, 2.24) is 5.32 Å². The maximum Gasteiger partial charge on any atom is 0.320 e. The van der Waals surface area contributed by atoms with Crippen LogP contribution >= 0.6 is 0 Å². The van der Waals surface area contributed by atoms with E-state index in [0.717, 1.165) is 26.0 Å². The highest BCUT2D eigenvalue weighted by atomic mass is 28.4. The van der Waals surface area contributed by atoms with Crippen molar-refractivity contribution in [2.45, 2.75) is 64.7 Å². The smallest absolute Gasteiger partial charge is 0.320 e. The number of carbonyl (C=O) groups is 1. The number of carboxylic acid groups (broad SMARTS) is 1. The molecule has 1 aliphatic carbocycles. The molecule has 112 valence electrons. The highest BCUT2D eigenvalue weighted by molar-refractivity contribution is 6.74. The fraction of sp³-hybridized carbons (Fsp3) is 0.929. The molecule has 0 aromatic rings. The first-order valence-electron chi connectivity index (χ1n) is 7.09. The van der Waals surface area contributed by atoms with Gasteiger partial charge in [-0.2, -0.15) is 0 Å². The van der Waals surface area contributed by atoms with E-state index in [2.05, 4.69) is 39.2 Å². The minimum Gasteiger partial charge on any atom is -0.480 e. The molecule has 0 amide bonds. The van der Waals surface area contributed by atoms with Crippen molar-refractivity contribution < 1.29 is 14.3 Å². The Morgan fingerprint density at radius 1 is 1.42 bits per heavy atom. The summed E-state index contributed by atoms with van der Waals surface area (Å²) in [6.45, 7) is 14.4. The van der Waals surface area contributed by atoms with Gasteiger partial charge in [0.2, 0.25) is 0 Å². The summed E-state index contributed by atoms with van der Waals surface area (Å²) in [5, 5.41) is 12.2. The summed E-state index contributed by atoms with van der Waals surface area (Å²) in [4.78, 5) is 10.8. The predicted molar refractivity (Wildman–Crippen MR) is 79.9 cm³/mol. The van der Waals surface area contributed by atoms with Crippen molar-refractivity contribution in [3.63, 3.8) is 0 Å². The monoisotopic (exact) mass is 287 g/mol. The van der Waals surface area contributed by atoms with Crippen LogP contribution in [-0.2, 0) is 9.22 Å². The maximum absolute atomic E-state index is 10.8. The Labute approximate surface area is 118 Å². The Kier molecular flexibility index (Phi) is 4.86. The molecule has 1 rings (SSSR count). The average Bonchev–Trinajstić information content (AvgIpc) is 3.02. The Balaban J connectivity index is 2.43. The van der Waals surface area contributed by atoms with Gasteiger partial charge >= 0.3 is 5.97 Å². The van der Waals surface area contributed by atoms with Gasteiger partial charge in [-0.05, 0) is 37.9 Å². The first-order chi connectivity index (χ1) is 8.49. The van der Waals surface area contributed by atoms with Crippen molar-refractivity contribution >= 4 is 14.3 Å². The van der Waals surface area contributed by atoms with Crippen molar-refractivity contribution in [1.29, 1.82) is 0 Å².